The van der Waals surface area contributed by atoms with Gasteiger partial charge in [-0.05, 0) is 50.6 Å². The van der Waals surface area contributed by atoms with Crippen molar-refractivity contribution in [3.63, 3.8) is 0 Å². The molecule has 4 heteroatoms. The Morgan fingerprint density at radius 1 is 1.08 bits per heavy atom. The van der Waals surface area contributed by atoms with Gasteiger partial charge in [-0.3, -0.25) is 4.79 Å². The third kappa shape index (κ3) is 5.82. The second-order valence-corrected chi connectivity index (χ2v) is 6.02. The highest BCUT2D eigenvalue weighted by molar-refractivity contribution is 5.94. The number of nitrogens with one attached hydrogen (secondary N) is 1. The molecule has 0 aliphatic carbocycles. The van der Waals surface area contributed by atoms with Gasteiger partial charge in [0.1, 0.15) is 18.1 Å². The lowest BCUT2D eigenvalue weighted by molar-refractivity contribution is 0.0938. The van der Waals surface area contributed by atoms with E-state index in [1.54, 1.807) is 6.07 Å². The topological polar surface area (TPSA) is 47.6 Å². The van der Waals surface area contributed by atoms with Crippen LogP contribution < -0.4 is 14.8 Å². The lowest BCUT2D eigenvalue weighted by Gasteiger charge is -2.15. The molecule has 2 aromatic carbocycles. The third-order valence-electron chi connectivity index (χ3n) is 3.86. The van der Waals surface area contributed by atoms with Crippen LogP contribution in [-0.4, -0.2) is 18.6 Å². The first-order valence-electron chi connectivity index (χ1n) is 8.88. The van der Waals surface area contributed by atoms with Gasteiger partial charge in [0.05, 0.1) is 6.61 Å². The highest BCUT2D eigenvalue weighted by Crippen LogP contribution is 2.23. The summed E-state index contributed by atoms with van der Waals surface area (Å²) >= 11 is 0. The van der Waals surface area contributed by atoms with Crippen LogP contribution >= 0.6 is 0 Å². The Bertz CT molecular complexity index is 670. The van der Waals surface area contributed by atoms with Crippen LogP contribution in [0.4, 0.5) is 0 Å². The van der Waals surface area contributed by atoms with E-state index in [2.05, 4.69) is 12.2 Å². The fourth-order valence-electron chi connectivity index (χ4n) is 2.62. The lowest BCUT2D eigenvalue weighted by Crippen LogP contribution is -2.32. The smallest absolute Gasteiger partial charge is 0.251 e. The van der Waals surface area contributed by atoms with Gasteiger partial charge in [-0.2, -0.15) is 0 Å². The Balaban J connectivity index is 2.13. The van der Waals surface area contributed by atoms with E-state index in [0.717, 1.165) is 29.9 Å². The standard InChI is InChI=1S/C21H27NO3/c1-4-9-16(3)22-21(23)17-12-13-20(24-5-2)18(14-17)15-25-19-10-7-6-8-11-19/h6-8,10-14,16H,4-5,9,15H2,1-3H3,(H,22,23)/t16-/m1/s1. The molecule has 2 aromatic rings. The average molecular weight is 341 g/mol. The molecule has 0 spiro atoms. The van der Waals surface area contributed by atoms with E-state index in [1.807, 2.05) is 56.3 Å². The fourth-order valence-corrected chi connectivity index (χ4v) is 2.62. The quantitative estimate of drug-likeness (QED) is 0.726. The summed E-state index contributed by atoms with van der Waals surface area (Å²) in [4.78, 5) is 12.4. The number of ether oxygens (including phenoxy) is 2. The molecule has 0 aromatic heterocycles. The molecule has 0 saturated heterocycles. The van der Waals surface area contributed by atoms with Crippen LogP contribution in [0.2, 0.25) is 0 Å². The number of benzene rings is 2. The maximum absolute atomic E-state index is 12.4. The minimum absolute atomic E-state index is 0.0649. The molecule has 0 aliphatic rings. The van der Waals surface area contributed by atoms with E-state index in [4.69, 9.17) is 9.47 Å². The first kappa shape index (κ1) is 18.8. The van der Waals surface area contributed by atoms with Crippen LogP contribution in [0.1, 0.15) is 49.5 Å². The molecular formula is C21H27NO3. The minimum Gasteiger partial charge on any atom is -0.493 e. The molecule has 0 aliphatic heterocycles. The first-order valence-corrected chi connectivity index (χ1v) is 8.88. The van der Waals surface area contributed by atoms with Crippen LogP contribution in [0.5, 0.6) is 11.5 Å². The summed E-state index contributed by atoms with van der Waals surface area (Å²) in [5.74, 6) is 1.47. The summed E-state index contributed by atoms with van der Waals surface area (Å²) in [6.45, 7) is 6.99. The van der Waals surface area contributed by atoms with Gasteiger partial charge in [0.15, 0.2) is 0 Å². The third-order valence-corrected chi connectivity index (χ3v) is 3.86. The van der Waals surface area contributed by atoms with Crippen molar-refractivity contribution < 1.29 is 14.3 Å². The number of carbonyl (C=O) groups excluding carboxylic acids is 1. The van der Waals surface area contributed by atoms with Gasteiger partial charge < -0.3 is 14.8 Å². The molecule has 0 bridgehead atoms. The summed E-state index contributed by atoms with van der Waals surface area (Å²) in [5, 5.41) is 3.03. The Labute approximate surface area is 150 Å². The molecule has 0 radical (unpaired) electrons. The molecule has 2 rings (SSSR count). The van der Waals surface area contributed by atoms with Crippen molar-refractivity contribution in [2.75, 3.05) is 6.61 Å². The predicted molar refractivity (Wildman–Crippen MR) is 100 cm³/mol. The van der Waals surface area contributed by atoms with Gasteiger partial charge in [0, 0.05) is 17.2 Å². The number of rotatable bonds is 9. The zero-order chi connectivity index (χ0) is 18.1. The Kier molecular flexibility index (Phi) is 7.33. The number of hydrogen-bond donors (Lipinski definition) is 1. The van der Waals surface area contributed by atoms with Gasteiger partial charge >= 0.3 is 0 Å². The Morgan fingerprint density at radius 2 is 1.84 bits per heavy atom. The second-order valence-electron chi connectivity index (χ2n) is 6.02. The van der Waals surface area contributed by atoms with Gasteiger partial charge in [-0.1, -0.05) is 31.5 Å². The molecule has 0 saturated carbocycles. The minimum atomic E-state index is -0.0649. The largest absolute Gasteiger partial charge is 0.493 e. The zero-order valence-corrected chi connectivity index (χ0v) is 15.2. The average Bonchev–Trinajstić information content (AvgIpc) is 2.62. The van der Waals surface area contributed by atoms with E-state index in [-0.39, 0.29) is 11.9 Å². The van der Waals surface area contributed by atoms with Crippen molar-refractivity contribution in [3.05, 3.63) is 59.7 Å². The summed E-state index contributed by atoms with van der Waals surface area (Å²) in [6, 6.07) is 15.3. The van der Waals surface area contributed by atoms with Gasteiger partial charge in [-0.15, -0.1) is 0 Å². The van der Waals surface area contributed by atoms with Crippen molar-refractivity contribution in [2.45, 2.75) is 46.3 Å². The van der Waals surface area contributed by atoms with E-state index in [9.17, 15) is 4.79 Å². The van der Waals surface area contributed by atoms with E-state index < -0.39 is 0 Å². The number of hydrogen-bond acceptors (Lipinski definition) is 3. The molecule has 0 fully saturated rings. The van der Waals surface area contributed by atoms with Crippen molar-refractivity contribution >= 4 is 5.91 Å². The fraction of sp³-hybridized carbons (Fsp3) is 0.381. The van der Waals surface area contributed by atoms with Crippen molar-refractivity contribution in [3.8, 4) is 11.5 Å². The highest BCUT2D eigenvalue weighted by Gasteiger charge is 2.13. The van der Waals surface area contributed by atoms with Crippen molar-refractivity contribution in [1.82, 2.24) is 5.32 Å². The maximum Gasteiger partial charge on any atom is 0.251 e. The predicted octanol–water partition coefficient (Wildman–Crippen LogP) is 4.58. The molecule has 0 unspecified atom stereocenters. The van der Waals surface area contributed by atoms with Crippen LogP contribution in [0.25, 0.3) is 0 Å². The summed E-state index contributed by atoms with van der Waals surface area (Å²) in [6.07, 6.45) is 2.01. The number of amides is 1. The van der Waals surface area contributed by atoms with Crippen molar-refractivity contribution in [1.29, 1.82) is 0 Å². The van der Waals surface area contributed by atoms with E-state index in [1.165, 1.54) is 0 Å². The van der Waals surface area contributed by atoms with Crippen LogP contribution in [-0.2, 0) is 6.61 Å². The molecular weight excluding hydrogens is 314 g/mol. The monoisotopic (exact) mass is 341 g/mol. The first-order chi connectivity index (χ1) is 12.1. The lowest BCUT2D eigenvalue weighted by atomic mass is 10.1. The van der Waals surface area contributed by atoms with Gasteiger partial charge in [-0.25, -0.2) is 0 Å². The Hall–Kier alpha value is -2.49. The van der Waals surface area contributed by atoms with Crippen LogP contribution in [0.3, 0.4) is 0 Å². The zero-order valence-electron chi connectivity index (χ0n) is 15.2. The van der Waals surface area contributed by atoms with Crippen molar-refractivity contribution in [2.24, 2.45) is 0 Å². The summed E-state index contributed by atoms with van der Waals surface area (Å²) in [5.41, 5.74) is 1.49. The molecule has 0 heterocycles. The van der Waals surface area contributed by atoms with Crippen LogP contribution in [0, 0.1) is 0 Å². The number of para-hydroxylation sites is 1. The second kappa shape index (κ2) is 9.72. The molecule has 1 amide bonds. The normalized spacial score (nSPS) is 11.6. The SMILES string of the molecule is CCC[C@@H](C)NC(=O)c1ccc(OCC)c(COc2ccccc2)c1. The highest BCUT2D eigenvalue weighted by atomic mass is 16.5. The van der Waals surface area contributed by atoms with E-state index >= 15 is 0 Å². The summed E-state index contributed by atoms with van der Waals surface area (Å²) in [7, 11) is 0. The van der Waals surface area contributed by atoms with Gasteiger partial charge in [0.2, 0.25) is 0 Å². The molecule has 1 atom stereocenters. The summed E-state index contributed by atoms with van der Waals surface area (Å²) < 4.78 is 11.5. The molecule has 1 N–H and O–H groups in total. The van der Waals surface area contributed by atoms with E-state index in [0.29, 0.717) is 18.8 Å². The Morgan fingerprint density at radius 3 is 2.52 bits per heavy atom. The van der Waals surface area contributed by atoms with Crippen LogP contribution in [0.15, 0.2) is 48.5 Å². The van der Waals surface area contributed by atoms with Gasteiger partial charge in [0.25, 0.3) is 5.91 Å². The number of carbonyl (C=O) groups is 1. The maximum atomic E-state index is 12.4. The molecule has 25 heavy (non-hydrogen) atoms. The molecule has 134 valence electrons. The molecule has 4 nitrogen and oxygen atoms in total.